The van der Waals surface area contributed by atoms with Crippen molar-refractivity contribution in [3.8, 4) is 0 Å². The van der Waals surface area contributed by atoms with Crippen LogP contribution in [0.2, 0.25) is 25.7 Å². The number of hydrogen-bond donors (Lipinski definition) is 0. The fourth-order valence-corrected chi connectivity index (χ4v) is 3.93. The predicted molar refractivity (Wildman–Crippen MR) is 114 cm³/mol. The van der Waals surface area contributed by atoms with Crippen molar-refractivity contribution in [2.45, 2.75) is 65.3 Å². The number of aromatic nitrogens is 2. The van der Waals surface area contributed by atoms with Crippen molar-refractivity contribution in [1.82, 2.24) is 9.13 Å². The molecule has 0 saturated carbocycles. The van der Waals surface area contributed by atoms with Gasteiger partial charge in [-0.05, 0) is 41.4 Å². The lowest BCUT2D eigenvalue weighted by molar-refractivity contribution is -0.149. The van der Waals surface area contributed by atoms with Gasteiger partial charge in [0.15, 0.2) is 0 Å². The summed E-state index contributed by atoms with van der Waals surface area (Å²) in [5.41, 5.74) is 0.563. The molecular formula is C19H29BrN2O4Si. The number of fused-ring (bicyclic) bond motifs is 1. The van der Waals surface area contributed by atoms with Crippen LogP contribution in [-0.2, 0) is 27.5 Å². The maximum atomic E-state index is 12.8. The molecule has 27 heavy (non-hydrogen) atoms. The highest BCUT2D eigenvalue weighted by molar-refractivity contribution is 9.10. The maximum Gasteiger partial charge on any atom is 0.326 e. The summed E-state index contributed by atoms with van der Waals surface area (Å²) in [5, 5.41) is 0.544. The molecule has 0 aliphatic rings. The van der Waals surface area contributed by atoms with Gasteiger partial charge in [0.25, 0.3) is 5.56 Å². The Morgan fingerprint density at radius 1 is 1.30 bits per heavy atom. The van der Waals surface area contributed by atoms with E-state index < -0.39 is 14.0 Å². The molecule has 6 nitrogen and oxygen atoms in total. The molecule has 0 aromatic carbocycles. The number of halogens is 1. The summed E-state index contributed by atoms with van der Waals surface area (Å²) in [6, 6.07) is 2.93. The molecule has 2 aromatic rings. The number of carbonyl (C=O) groups is 1. The van der Waals surface area contributed by atoms with Crippen LogP contribution in [0.3, 0.4) is 0 Å². The van der Waals surface area contributed by atoms with E-state index in [9.17, 15) is 9.59 Å². The van der Waals surface area contributed by atoms with Gasteiger partial charge in [-0.1, -0.05) is 26.6 Å². The number of ether oxygens (including phenoxy) is 2. The van der Waals surface area contributed by atoms with Gasteiger partial charge in [-0.25, -0.2) is 0 Å². The van der Waals surface area contributed by atoms with E-state index >= 15 is 0 Å². The molecule has 1 unspecified atom stereocenters. The lowest BCUT2D eigenvalue weighted by Gasteiger charge is -2.15. The van der Waals surface area contributed by atoms with Gasteiger partial charge < -0.3 is 18.6 Å². The number of nitrogens with zero attached hydrogens (tertiary/aromatic N) is 2. The summed E-state index contributed by atoms with van der Waals surface area (Å²) >= 11 is 3.46. The van der Waals surface area contributed by atoms with Gasteiger partial charge in [0.05, 0.1) is 17.0 Å². The Bertz CT molecular complexity index is 854. The monoisotopic (exact) mass is 456 g/mol. The van der Waals surface area contributed by atoms with Crippen LogP contribution < -0.4 is 5.56 Å². The second-order valence-corrected chi connectivity index (χ2v) is 14.5. The molecular weight excluding hydrogens is 428 g/mol. The molecule has 0 N–H and O–H groups in total. The highest BCUT2D eigenvalue weighted by Crippen LogP contribution is 2.23. The third kappa shape index (κ3) is 6.05. The highest BCUT2D eigenvalue weighted by Gasteiger charge is 2.16. The quantitative estimate of drug-likeness (QED) is 0.321. The largest absolute Gasteiger partial charge is 0.461 e. The van der Waals surface area contributed by atoms with Crippen molar-refractivity contribution in [2.75, 3.05) is 6.61 Å². The number of esters is 1. The molecule has 150 valence electrons. The Morgan fingerprint density at radius 2 is 2.00 bits per heavy atom. The van der Waals surface area contributed by atoms with Gasteiger partial charge in [-0.3, -0.25) is 9.59 Å². The molecule has 2 heterocycles. The molecule has 0 aliphatic heterocycles. The van der Waals surface area contributed by atoms with Gasteiger partial charge >= 0.3 is 5.97 Å². The number of rotatable bonds is 9. The Balaban J connectivity index is 2.15. The normalized spacial score (nSPS) is 13.1. The maximum absolute atomic E-state index is 12.8. The van der Waals surface area contributed by atoms with Crippen LogP contribution in [0.25, 0.3) is 10.9 Å². The third-order valence-electron chi connectivity index (χ3n) is 4.39. The molecule has 2 rings (SSSR count). The van der Waals surface area contributed by atoms with Crippen molar-refractivity contribution in [3.05, 3.63) is 33.3 Å². The van der Waals surface area contributed by atoms with E-state index in [4.69, 9.17) is 9.47 Å². The van der Waals surface area contributed by atoms with E-state index in [1.54, 1.807) is 6.20 Å². The lowest BCUT2D eigenvalue weighted by Crippen LogP contribution is -2.26. The zero-order chi connectivity index (χ0) is 20.2. The standard InChI is InChI=1S/C19H29BrN2O4Si/c1-6-14(2)26-17(23)12-21-8-7-16-18(19(21)24)15(20)11-22(16)13-25-9-10-27(3,4)5/h7-8,11,14H,6,9-10,12-13H2,1-5H3. The van der Waals surface area contributed by atoms with E-state index in [0.29, 0.717) is 23.2 Å². The van der Waals surface area contributed by atoms with E-state index in [1.165, 1.54) is 4.57 Å². The SMILES string of the molecule is CCC(C)OC(=O)Cn1ccc2c(c(Br)cn2COCC[Si](C)(C)C)c1=O. The van der Waals surface area contributed by atoms with Crippen LogP contribution in [0.4, 0.5) is 0 Å². The van der Waals surface area contributed by atoms with Crippen LogP contribution in [0.15, 0.2) is 27.7 Å². The van der Waals surface area contributed by atoms with Crippen LogP contribution in [0.5, 0.6) is 0 Å². The molecule has 0 radical (unpaired) electrons. The minimum absolute atomic E-state index is 0.0938. The minimum atomic E-state index is -1.13. The van der Waals surface area contributed by atoms with E-state index in [1.807, 2.05) is 30.7 Å². The van der Waals surface area contributed by atoms with Gasteiger partial charge in [-0.15, -0.1) is 0 Å². The number of hydrogen-bond acceptors (Lipinski definition) is 4. The van der Waals surface area contributed by atoms with Crippen LogP contribution >= 0.6 is 15.9 Å². The van der Waals surface area contributed by atoms with Crippen molar-refractivity contribution in [2.24, 2.45) is 0 Å². The minimum Gasteiger partial charge on any atom is -0.461 e. The van der Waals surface area contributed by atoms with Gasteiger partial charge in [-0.2, -0.15) is 0 Å². The Morgan fingerprint density at radius 3 is 2.63 bits per heavy atom. The van der Waals surface area contributed by atoms with Crippen LogP contribution in [0.1, 0.15) is 20.3 Å². The topological polar surface area (TPSA) is 62.5 Å². The lowest BCUT2D eigenvalue weighted by atomic mass is 10.3. The van der Waals surface area contributed by atoms with Crippen LogP contribution in [0, 0.1) is 0 Å². The molecule has 0 bridgehead atoms. The first-order valence-electron chi connectivity index (χ1n) is 9.27. The van der Waals surface area contributed by atoms with Crippen LogP contribution in [-0.4, -0.2) is 35.9 Å². The molecule has 0 aliphatic carbocycles. The van der Waals surface area contributed by atoms with Gasteiger partial charge in [0, 0.05) is 31.5 Å². The third-order valence-corrected chi connectivity index (χ3v) is 6.70. The summed E-state index contributed by atoms with van der Waals surface area (Å²) in [7, 11) is -1.13. The molecule has 0 fully saturated rings. The van der Waals surface area contributed by atoms with Gasteiger partial charge in [0.2, 0.25) is 0 Å². The molecule has 0 spiro atoms. The average molecular weight is 457 g/mol. The number of carbonyl (C=O) groups excluding carboxylic acids is 1. The highest BCUT2D eigenvalue weighted by atomic mass is 79.9. The molecule has 0 amide bonds. The molecule has 0 saturated heterocycles. The van der Waals surface area contributed by atoms with Crippen molar-refractivity contribution >= 4 is 40.9 Å². The van der Waals surface area contributed by atoms with Crippen molar-refractivity contribution in [3.63, 3.8) is 0 Å². The fourth-order valence-electron chi connectivity index (χ4n) is 2.56. The first-order chi connectivity index (χ1) is 12.6. The summed E-state index contributed by atoms with van der Waals surface area (Å²) in [4.78, 5) is 24.8. The average Bonchev–Trinajstić information content (AvgIpc) is 2.89. The zero-order valence-corrected chi connectivity index (χ0v) is 19.3. The summed E-state index contributed by atoms with van der Waals surface area (Å²) in [6.07, 6.45) is 4.07. The number of pyridine rings is 1. The molecule has 1 atom stereocenters. The second-order valence-electron chi connectivity index (χ2n) is 8.01. The Hall–Kier alpha value is -1.38. The Labute approximate surface area is 169 Å². The smallest absolute Gasteiger partial charge is 0.326 e. The zero-order valence-electron chi connectivity index (χ0n) is 16.8. The Kier molecular flexibility index (Phi) is 7.47. The molecule has 8 heteroatoms. The van der Waals surface area contributed by atoms with E-state index in [2.05, 4.69) is 35.6 Å². The van der Waals surface area contributed by atoms with Crippen molar-refractivity contribution in [1.29, 1.82) is 0 Å². The fraction of sp³-hybridized carbons (Fsp3) is 0.579. The molecule has 2 aromatic heterocycles. The summed E-state index contributed by atoms with van der Waals surface area (Å²) in [5.74, 6) is -0.406. The van der Waals surface area contributed by atoms with E-state index in [0.717, 1.165) is 18.0 Å². The summed E-state index contributed by atoms with van der Waals surface area (Å²) < 4.78 is 15.1. The van der Waals surface area contributed by atoms with Gasteiger partial charge in [0.1, 0.15) is 13.3 Å². The first-order valence-corrected chi connectivity index (χ1v) is 13.8. The summed E-state index contributed by atoms with van der Waals surface area (Å²) in [6.45, 7) is 11.7. The first kappa shape index (κ1) is 21.9. The second kappa shape index (κ2) is 9.21. The predicted octanol–water partition coefficient (Wildman–Crippen LogP) is 4.22. The van der Waals surface area contributed by atoms with Crippen molar-refractivity contribution < 1.29 is 14.3 Å². The van der Waals surface area contributed by atoms with E-state index in [-0.39, 0.29) is 18.2 Å².